The van der Waals surface area contributed by atoms with Gasteiger partial charge in [-0.15, -0.1) is 0 Å². The van der Waals surface area contributed by atoms with Crippen molar-refractivity contribution in [3.05, 3.63) is 39.9 Å². The van der Waals surface area contributed by atoms with Crippen molar-refractivity contribution in [2.45, 2.75) is 39.5 Å². The van der Waals surface area contributed by atoms with Gasteiger partial charge in [-0.25, -0.2) is 4.79 Å². The highest BCUT2D eigenvalue weighted by Gasteiger charge is 2.11. The third-order valence-electron chi connectivity index (χ3n) is 3.61. The molecular weight excluding hydrogens is 296 g/mol. The fourth-order valence-electron chi connectivity index (χ4n) is 2.17. The molecule has 6 nitrogen and oxygen atoms in total. The van der Waals surface area contributed by atoms with Gasteiger partial charge in [0.15, 0.2) is 0 Å². The van der Waals surface area contributed by atoms with Crippen molar-refractivity contribution in [2.75, 3.05) is 26.2 Å². The molecule has 0 aliphatic carbocycles. The molecule has 0 bridgehead atoms. The topological polar surface area (TPSA) is 72.7 Å². The van der Waals surface area contributed by atoms with Gasteiger partial charge in [-0.2, -0.15) is 0 Å². The number of esters is 1. The van der Waals surface area contributed by atoms with Gasteiger partial charge in [-0.1, -0.05) is 26.7 Å². The normalized spacial score (nSPS) is 10.7. The van der Waals surface area contributed by atoms with E-state index in [0.717, 1.165) is 45.3 Å². The summed E-state index contributed by atoms with van der Waals surface area (Å²) in [6, 6.07) is 5.47. The molecule has 0 aliphatic rings. The number of hydrogen-bond donors (Lipinski definition) is 0. The predicted octanol–water partition coefficient (Wildman–Crippen LogP) is 3.65. The van der Waals surface area contributed by atoms with Crippen molar-refractivity contribution in [3.8, 4) is 0 Å². The molecule has 0 heterocycles. The minimum atomic E-state index is -0.492. The first-order valence-electron chi connectivity index (χ1n) is 8.22. The highest BCUT2D eigenvalue weighted by molar-refractivity contribution is 5.89. The maximum atomic E-state index is 11.9. The van der Waals surface area contributed by atoms with Crippen molar-refractivity contribution in [1.82, 2.24) is 4.90 Å². The van der Waals surface area contributed by atoms with Gasteiger partial charge in [0.05, 0.1) is 10.5 Å². The lowest BCUT2D eigenvalue weighted by Gasteiger charge is -2.21. The maximum Gasteiger partial charge on any atom is 0.338 e. The highest BCUT2D eigenvalue weighted by atomic mass is 16.6. The molecule has 23 heavy (non-hydrogen) atoms. The Morgan fingerprint density at radius 3 is 2.13 bits per heavy atom. The van der Waals surface area contributed by atoms with E-state index in [1.807, 2.05) is 0 Å². The van der Waals surface area contributed by atoms with Crippen LogP contribution in [0.2, 0.25) is 0 Å². The van der Waals surface area contributed by atoms with Gasteiger partial charge in [0.25, 0.3) is 5.69 Å². The van der Waals surface area contributed by atoms with E-state index in [9.17, 15) is 14.9 Å². The summed E-state index contributed by atoms with van der Waals surface area (Å²) in [5.41, 5.74) is 0.302. The van der Waals surface area contributed by atoms with Crippen LogP contribution < -0.4 is 0 Å². The SMILES string of the molecule is CCCCN(CCCC)CCOC(=O)c1ccc([N+](=O)[O-])cc1. The molecule has 0 amide bonds. The fourth-order valence-corrected chi connectivity index (χ4v) is 2.17. The largest absolute Gasteiger partial charge is 0.461 e. The van der Waals surface area contributed by atoms with E-state index in [-0.39, 0.29) is 5.69 Å². The first kappa shape index (κ1) is 19.1. The van der Waals surface area contributed by atoms with Crippen LogP contribution in [0.3, 0.4) is 0 Å². The molecular formula is C17H26N2O4. The first-order chi connectivity index (χ1) is 11.1. The number of ether oxygens (including phenoxy) is 1. The van der Waals surface area contributed by atoms with Gasteiger partial charge < -0.3 is 4.74 Å². The number of carbonyl (C=O) groups excluding carboxylic acids is 1. The maximum absolute atomic E-state index is 11.9. The Bertz CT molecular complexity index is 480. The fraction of sp³-hybridized carbons (Fsp3) is 0.588. The Labute approximate surface area is 137 Å². The number of nitrogens with zero attached hydrogens (tertiary/aromatic N) is 2. The molecule has 1 aromatic rings. The van der Waals surface area contributed by atoms with Crippen LogP contribution in [0.25, 0.3) is 0 Å². The second-order valence-corrected chi connectivity index (χ2v) is 5.49. The summed E-state index contributed by atoms with van der Waals surface area (Å²) < 4.78 is 5.27. The number of unbranched alkanes of at least 4 members (excludes halogenated alkanes) is 2. The minimum Gasteiger partial charge on any atom is -0.461 e. The number of hydrogen-bond acceptors (Lipinski definition) is 5. The Morgan fingerprint density at radius 2 is 1.65 bits per heavy atom. The van der Waals surface area contributed by atoms with Crippen LogP contribution in [0.5, 0.6) is 0 Å². The summed E-state index contributed by atoms with van der Waals surface area (Å²) in [6.07, 6.45) is 4.57. The zero-order valence-electron chi connectivity index (χ0n) is 14.0. The van der Waals surface area contributed by atoms with Gasteiger partial charge in [-0.3, -0.25) is 15.0 Å². The van der Waals surface area contributed by atoms with E-state index in [1.54, 1.807) is 0 Å². The average molecular weight is 322 g/mol. The summed E-state index contributed by atoms with van der Waals surface area (Å²) >= 11 is 0. The molecule has 0 aliphatic heterocycles. The zero-order valence-corrected chi connectivity index (χ0v) is 14.0. The minimum absolute atomic E-state index is 0.0353. The third-order valence-corrected chi connectivity index (χ3v) is 3.61. The van der Waals surface area contributed by atoms with Crippen LogP contribution in [-0.2, 0) is 4.74 Å². The Balaban J connectivity index is 2.42. The molecule has 0 spiro atoms. The number of benzene rings is 1. The van der Waals surface area contributed by atoms with Gasteiger partial charge in [-0.05, 0) is 38.1 Å². The molecule has 0 fully saturated rings. The lowest BCUT2D eigenvalue weighted by molar-refractivity contribution is -0.384. The monoisotopic (exact) mass is 322 g/mol. The molecule has 0 saturated heterocycles. The van der Waals surface area contributed by atoms with E-state index in [1.165, 1.54) is 24.3 Å². The molecule has 0 radical (unpaired) electrons. The standard InChI is InChI=1S/C17H26N2O4/c1-3-5-11-18(12-6-4-2)13-14-23-17(20)15-7-9-16(10-8-15)19(21)22/h7-10H,3-6,11-14H2,1-2H3. The molecule has 1 rings (SSSR count). The molecule has 0 atom stereocenters. The smallest absolute Gasteiger partial charge is 0.338 e. The zero-order chi connectivity index (χ0) is 17.1. The average Bonchev–Trinajstić information content (AvgIpc) is 2.56. The number of nitro groups is 1. The lowest BCUT2D eigenvalue weighted by Crippen LogP contribution is -2.30. The number of carbonyl (C=O) groups is 1. The van der Waals surface area contributed by atoms with Crippen molar-refractivity contribution >= 4 is 11.7 Å². The second-order valence-electron chi connectivity index (χ2n) is 5.49. The molecule has 0 N–H and O–H groups in total. The summed E-state index contributed by atoms with van der Waals surface area (Å²) in [7, 11) is 0. The molecule has 0 aromatic heterocycles. The Morgan fingerprint density at radius 1 is 1.09 bits per heavy atom. The highest BCUT2D eigenvalue weighted by Crippen LogP contribution is 2.12. The summed E-state index contributed by atoms with van der Waals surface area (Å²) in [5.74, 6) is -0.439. The quantitative estimate of drug-likeness (QED) is 0.353. The lowest BCUT2D eigenvalue weighted by atomic mass is 10.2. The van der Waals surface area contributed by atoms with Gasteiger partial charge in [0.1, 0.15) is 6.61 Å². The summed E-state index contributed by atoms with van der Waals surface area (Å²) in [4.78, 5) is 24.3. The van der Waals surface area contributed by atoms with Crippen LogP contribution in [-0.4, -0.2) is 42.0 Å². The van der Waals surface area contributed by atoms with Crippen LogP contribution >= 0.6 is 0 Å². The third kappa shape index (κ3) is 7.23. The van der Waals surface area contributed by atoms with E-state index < -0.39 is 10.9 Å². The van der Waals surface area contributed by atoms with E-state index in [2.05, 4.69) is 18.7 Å². The van der Waals surface area contributed by atoms with Gasteiger partial charge in [0.2, 0.25) is 0 Å². The van der Waals surface area contributed by atoms with Crippen LogP contribution in [0.15, 0.2) is 24.3 Å². The number of nitro benzene ring substituents is 1. The van der Waals surface area contributed by atoms with E-state index >= 15 is 0 Å². The number of non-ortho nitro benzene ring substituents is 1. The van der Waals surface area contributed by atoms with Crippen molar-refractivity contribution < 1.29 is 14.5 Å². The molecule has 128 valence electrons. The Hall–Kier alpha value is -1.95. The van der Waals surface area contributed by atoms with Crippen molar-refractivity contribution in [1.29, 1.82) is 0 Å². The molecule has 0 unspecified atom stereocenters. The molecule has 6 heteroatoms. The van der Waals surface area contributed by atoms with E-state index in [0.29, 0.717) is 12.2 Å². The van der Waals surface area contributed by atoms with Crippen LogP contribution in [0, 0.1) is 10.1 Å². The van der Waals surface area contributed by atoms with Crippen molar-refractivity contribution in [2.24, 2.45) is 0 Å². The van der Waals surface area contributed by atoms with Gasteiger partial charge >= 0.3 is 5.97 Å². The predicted molar refractivity (Wildman–Crippen MR) is 89.6 cm³/mol. The van der Waals surface area contributed by atoms with Crippen LogP contribution in [0.1, 0.15) is 49.9 Å². The summed E-state index contributed by atoms with van der Waals surface area (Å²) in [6.45, 7) is 7.42. The van der Waals surface area contributed by atoms with E-state index in [4.69, 9.17) is 4.74 Å². The van der Waals surface area contributed by atoms with Crippen LogP contribution in [0.4, 0.5) is 5.69 Å². The number of rotatable bonds is 11. The van der Waals surface area contributed by atoms with Crippen molar-refractivity contribution in [3.63, 3.8) is 0 Å². The van der Waals surface area contributed by atoms with Gasteiger partial charge in [0, 0.05) is 18.7 Å². The first-order valence-corrected chi connectivity index (χ1v) is 8.22. The Kier molecular flexibility index (Phi) is 8.90. The molecule has 0 saturated carbocycles. The second kappa shape index (κ2) is 10.7. The summed E-state index contributed by atoms with van der Waals surface area (Å²) in [5, 5.41) is 10.6. The molecule has 1 aromatic carbocycles.